The van der Waals surface area contributed by atoms with E-state index in [2.05, 4.69) is 21.8 Å². The van der Waals surface area contributed by atoms with Crippen LogP contribution in [0.4, 0.5) is 24.5 Å². The third kappa shape index (κ3) is 4.13. The molecule has 0 radical (unpaired) electrons. The van der Waals surface area contributed by atoms with Crippen LogP contribution in [0.5, 0.6) is 0 Å². The number of alkyl halides is 3. The van der Waals surface area contributed by atoms with Gasteiger partial charge in [0.2, 0.25) is 0 Å². The molecule has 132 valence electrons. The number of anilines is 2. The Morgan fingerprint density at radius 2 is 1.72 bits per heavy atom. The molecule has 0 saturated carbocycles. The lowest BCUT2D eigenvalue weighted by Crippen LogP contribution is -2.30. The van der Waals surface area contributed by atoms with Crippen LogP contribution in [0.25, 0.3) is 5.70 Å². The van der Waals surface area contributed by atoms with E-state index >= 15 is 0 Å². The van der Waals surface area contributed by atoms with Crippen LogP contribution in [0.1, 0.15) is 30.4 Å². The summed E-state index contributed by atoms with van der Waals surface area (Å²) in [4.78, 5) is 6.08. The van der Waals surface area contributed by atoms with Crippen LogP contribution < -0.4 is 10.2 Å². The van der Waals surface area contributed by atoms with E-state index in [1.165, 1.54) is 0 Å². The summed E-state index contributed by atoms with van der Waals surface area (Å²) < 4.78 is 39.4. The topological polar surface area (TPSA) is 28.2 Å². The van der Waals surface area contributed by atoms with E-state index in [0.717, 1.165) is 55.7 Å². The second-order valence-corrected chi connectivity index (χ2v) is 6.12. The standard InChI is InChI=1S/C19H20F3N3/c1-14(15-7-9-23-10-8-15)24-17-13-16(19(20,21)22)5-6-18(17)25-11-3-2-4-12-25/h5-10,13,24H,1-4,11-12H2. The Kier molecular flexibility index (Phi) is 4.97. The van der Waals surface area contributed by atoms with Crippen molar-refractivity contribution in [3.8, 4) is 0 Å². The summed E-state index contributed by atoms with van der Waals surface area (Å²) in [7, 11) is 0. The molecule has 0 aliphatic carbocycles. The van der Waals surface area contributed by atoms with Gasteiger partial charge >= 0.3 is 6.18 Å². The van der Waals surface area contributed by atoms with Gasteiger partial charge in [-0.25, -0.2) is 0 Å². The average molecular weight is 347 g/mol. The molecule has 3 nitrogen and oxygen atoms in total. The number of nitrogens with one attached hydrogen (secondary N) is 1. The largest absolute Gasteiger partial charge is 0.416 e. The SMILES string of the molecule is C=C(Nc1cc(C(F)(F)F)ccc1N1CCCCC1)c1ccncc1. The predicted octanol–water partition coefficient (Wildman–Crippen LogP) is 5.17. The van der Waals surface area contributed by atoms with Gasteiger partial charge in [0, 0.05) is 36.7 Å². The molecule has 0 bridgehead atoms. The number of hydrogen-bond acceptors (Lipinski definition) is 3. The fourth-order valence-corrected chi connectivity index (χ4v) is 3.01. The van der Waals surface area contributed by atoms with Crippen LogP contribution in [0.3, 0.4) is 0 Å². The van der Waals surface area contributed by atoms with Crippen LogP contribution in [-0.4, -0.2) is 18.1 Å². The maximum atomic E-state index is 13.1. The summed E-state index contributed by atoms with van der Waals surface area (Å²) in [6, 6.07) is 7.39. The number of hydrogen-bond donors (Lipinski definition) is 1. The molecule has 6 heteroatoms. The van der Waals surface area contributed by atoms with Crippen LogP contribution in [0, 0.1) is 0 Å². The van der Waals surface area contributed by atoms with Crippen molar-refractivity contribution >= 4 is 17.1 Å². The van der Waals surface area contributed by atoms with Gasteiger partial charge < -0.3 is 10.2 Å². The maximum absolute atomic E-state index is 13.1. The zero-order valence-electron chi connectivity index (χ0n) is 13.8. The van der Waals surface area contributed by atoms with Gasteiger partial charge in [-0.15, -0.1) is 0 Å². The summed E-state index contributed by atoms with van der Waals surface area (Å²) in [6.45, 7) is 5.66. The van der Waals surface area contributed by atoms with E-state index in [1.54, 1.807) is 30.6 Å². The van der Waals surface area contributed by atoms with Gasteiger partial charge in [-0.05, 0) is 49.6 Å². The van der Waals surface area contributed by atoms with E-state index in [-0.39, 0.29) is 0 Å². The number of piperidine rings is 1. The monoisotopic (exact) mass is 347 g/mol. The molecule has 0 amide bonds. The fraction of sp³-hybridized carbons (Fsp3) is 0.316. The Morgan fingerprint density at radius 1 is 1.04 bits per heavy atom. The Bertz CT molecular complexity index is 735. The zero-order valence-corrected chi connectivity index (χ0v) is 13.8. The first-order valence-corrected chi connectivity index (χ1v) is 8.28. The number of benzene rings is 1. The average Bonchev–Trinajstić information content (AvgIpc) is 2.62. The van der Waals surface area contributed by atoms with Crippen molar-refractivity contribution in [3.63, 3.8) is 0 Å². The van der Waals surface area contributed by atoms with E-state index in [4.69, 9.17) is 0 Å². The zero-order chi connectivity index (χ0) is 17.9. The first-order chi connectivity index (χ1) is 11.9. The second-order valence-electron chi connectivity index (χ2n) is 6.12. The van der Waals surface area contributed by atoms with Crippen LogP contribution >= 0.6 is 0 Å². The number of aromatic nitrogens is 1. The van der Waals surface area contributed by atoms with Crippen LogP contribution in [-0.2, 0) is 6.18 Å². The molecular formula is C19H20F3N3. The van der Waals surface area contributed by atoms with Crippen molar-refractivity contribution in [1.82, 2.24) is 4.98 Å². The highest BCUT2D eigenvalue weighted by molar-refractivity contribution is 5.82. The van der Waals surface area contributed by atoms with E-state index in [0.29, 0.717) is 11.4 Å². The van der Waals surface area contributed by atoms with Gasteiger partial charge in [-0.3, -0.25) is 4.98 Å². The number of rotatable bonds is 4. The molecule has 1 fully saturated rings. The molecule has 1 aromatic heterocycles. The predicted molar refractivity (Wildman–Crippen MR) is 94.4 cm³/mol. The maximum Gasteiger partial charge on any atom is 0.416 e. The molecule has 0 atom stereocenters. The lowest BCUT2D eigenvalue weighted by atomic mass is 10.1. The number of pyridine rings is 1. The minimum absolute atomic E-state index is 0.429. The smallest absolute Gasteiger partial charge is 0.370 e. The van der Waals surface area contributed by atoms with Crippen LogP contribution in [0.2, 0.25) is 0 Å². The lowest BCUT2D eigenvalue weighted by Gasteiger charge is -2.31. The lowest BCUT2D eigenvalue weighted by molar-refractivity contribution is -0.137. The molecule has 1 saturated heterocycles. The van der Waals surface area contributed by atoms with E-state index < -0.39 is 11.7 Å². The molecule has 0 spiro atoms. The van der Waals surface area contributed by atoms with Crippen molar-refractivity contribution in [3.05, 3.63) is 60.4 Å². The Hall–Kier alpha value is -2.50. The van der Waals surface area contributed by atoms with Crippen molar-refractivity contribution in [1.29, 1.82) is 0 Å². The molecule has 3 rings (SSSR count). The first-order valence-electron chi connectivity index (χ1n) is 8.28. The number of halogens is 3. The summed E-state index contributed by atoms with van der Waals surface area (Å²) in [5, 5.41) is 3.07. The molecular weight excluding hydrogens is 327 g/mol. The highest BCUT2D eigenvalue weighted by atomic mass is 19.4. The number of nitrogens with zero attached hydrogens (tertiary/aromatic N) is 2. The van der Waals surface area contributed by atoms with Gasteiger partial charge in [0.15, 0.2) is 0 Å². The summed E-state index contributed by atoms with van der Waals surface area (Å²) >= 11 is 0. The molecule has 25 heavy (non-hydrogen) atoms. The van der Waals surface area contributed by atoms with Crippen molar-refractivity contribution in [2.75, 3.05) is 23.3 Å². The minimum atomic E-state index is -4.38. The normalized spacial score (nSPS) is 15.1. The van der Waals surface area contributed by atoms with E-state index in [1.807, 2.05) is 0 Å². The summed E-state index contributed by atoms with van der Waals surface area (Å²) in [6.07, 6.45) is 2.12. The molecule has 0 unspecified atom stereocenters. The fourth-order valence-electron chi connectivity index (χ4n) is 3.01. The quantitative estimate of drug-likeness (QED) is 0.827. The van der Waals surface area contributed by atoms with Crippen molar-refractivity contribution in [2.24, 2.45) is 0 Å². The van der Waals surface area contributed by atoms with Gasteiger partial charge in [0.1, 0.15) is 0 Å². The first kappa shape index (κ1) is 17.3. The van der Waals surface area contributed by atoms with Crippen LogP contribution in [0.15, 0.2) is 49.3 Å². The third-order valence-corrected chi connectivity index (χ3v) is 4.33. The van der Waals surface area contributed by atoms with Gasteiger partial charge in [0.25, 0.3) is 0 Å². The van der Waals surface area contributed by atoms with E-state index in [9.17, 15) is 13.2 Å². The van der Waals surface area contributed by atoms with Gasteiger partial charge in [-0.1, -0.05) is 6.58 Å². The molecule has 2 aromatic rings. The van der Waals surface area contributed by atoms with Gasteiger partial charge in [-0.2, -0.15) is 13.2 Å². The molecule has 1 N–H and O–H groups in total. The van der Waals surface area contributed by atoms with Gasteiger partial charge in [0.05, 0.1) is 16.9 Å². The van der Waals surface area contributed by atoms with Crippen molar-refractivity contribution < 1.29 is 13.2 Å². The highest BCUT2D eigenvalue weighted by Crippen LogP contribution is 2.37. The second kappa shape index (κ2) is 7.17. The molecule has 1 aromatic carbocycles. The highest BCUT2D eigenvalue weighted by Gasteiger charge is 2.31. The summed E-state index contributed by atoms with van der Waals surface area (Å²) in [5.41, 5.74) is 1.87. The summed E-state index contributed by atoms with van der Waals surface area (Å²) in [5.74, 6) is 0. The third-order valence-electron chi connectivity index (χ3n) is 4.33. The minimum Gasteiger partial charge on any atom is -0.370 e. The Balaban J connectivity index is 1.94. The Labute approximate surface area is 145 Å². The molecule has 1 aliphatic heterocycles. The van der Waals surface area contributed by atoms with Crippen molar-refractivity contribution in [2.45, 2.75) is 25.4 Å². The Morgan fingerprint density at radius 3 is 2.36 bits per heavy atom. The molecule has 1 aliphatic rings. The molecule has 2 heterocycles.